The lowest BCUT2D eigenvalue weighted by Gasteiger charge is -2.09. The lowest BCUT2D eigenvalue weighted by Crippen LogP contribution is -2.24. The number of amides is 1. The number of thiophene rings is 1. The van der Waals surface area contributed by atoms with Gasteiger partial charge in [0.15, 0.2) is 11.0 Å². The van der Waals surface area contributed by atoms with E-state index in [1.54, 1.807) is 11.3 Å². The molecule has 2 aromatic carbocycles. The van der Waals surface area contributed by atoms with Crippen molar-refractivity contribution in [2.24, 2.45) is 0 Å². The van der Waals surface area contributed by atoms with Crippen LogP contribution in [0.1, 0.15) is 17.4 Å². The summed E-state index contributed by atoms with van der Waals surface area (Å²) in [4.78, 5) is 13.6. The number of hydrogen-bond acceptors (Lipinski definition) is 5. The summed E-state index contributed by atoms with van der Waals surface area (Å²) in [7, 11) is 0. The van der Waals surface area contributed by atoms with Crippen LogP contribution in [0.2, 0.25) is 0 Å². The molecule has 0 unspecified atom stereocenters. The molecule has 1 N–H and O–H groups in total. The highest BCUT2D eigenvalue weighted by molar-refractivity contribution is 7.99. The Morgan fingerprint density at radius 1 is 1.06 bits per heavy atom. The first-order chi connectivity index (χ1) is 15.2. The van der Waals surface area contributed by atoms with Gasteiger partial charge in [-0.05, 0) is 25.0 Å². The van der Waals surface area contributed by atoms with Crippen LogP contribution in [-0.4, -0.2) is 26.4 Å². The van der Waals surface area contributed by atoms with E-state index in [0.29, 0.717) is 12.3 Å². The number of nitrogens with zero attached hydrogens (tertiary/aromatic N) is 3. The van der Waals surface area contributed by atoms with Gasteiger partial charge < -0.3 is 9.88 Å². The van der Waals surface area contributed by atoms with E-state index >= 15 is 0 Å². The van der Waals surface area contributed by atoms with Crippen molar-refractivity contribution in [3.05, 3.63) is 76.5 Å². The molecule has 4 rings (SSSR count). The predicted molar refractivity (Wildman–Crippen MR) is 128 cm³/mol. The summed E-state index contributed by atoms with van der Waals surface area (Å²) in [5.74, 6) is 1.13. The van der Waals surface area contributed by atoms with Crippen molar-refractivity contribution < 1.29 is 4.79 Å². The number of aryl methyl sites for hydroxylation is 1. The van der Waals surface area contributed by atoms with Crippen LogP contribution >= 0.6 is 23.1 Å². The second-order valence-electron chi connectivity index (χ2n) is 7.05. The van der Waals surface area contributed by atoms with Gasteiger partial charge in [0.25, 0.3) is 0 Å². The quantitative estimate of drug-likeness (QED) is 0.366. The summed E-state index contributed by atoms with van der Waals surface area (Å²) in [5, 5.41) is 14.8. The number of hydrogen-bond donors (Lipinski definition) is 1. The molecule has 5 nitrogen and oxygen atoms in total. The third-order valence-electron chi connectivity index (χ3n) is 4.98. The van der Waals surface area contributed by atoms with Crippen molar-refractivity contribution >= 4 is 29.0 Å². The van der Waals surface area contributed by atoms with Gasteiger partial charge in [-0.2, -0.15) is 0 Å². The van der Waals surface area contributed by atoms with E-state index in [9.17, 15) is 4.79 Å². The van der Waals surface area contributed by atoms with Crippen molar-refractivity contribution in [3.63, 3.8) is 0 Å². The van der Waals surface area contributed by atoms with Gasteiger partial charge in [0, 0.05) is 34.5 Å². The lowest BCUT2D eigenvalue weighted by atomic mass is 10.0. The van der Waals surface area contributed by atoms with E-state index in [1.807, 2.05) is 36.4 Å². The van der Waals surface area contributed by atoms with Gasteiger partial charge in [0.05, 0.1) is 5.75 Å². The fourth-order valence-electron chi connectivity index (χ4n) is 3.44. The number of thioether (sulfide) groups is 1. The van der Waals surface area contributed by atoms with Crippen LogP contribution in [0.4, 0.5) is 0 Å². The molecule has 0 radical (unpaired) electrons. The first-order valence-electron chi connectivity index (χ1n) is 10.2. The fraction of sp³-hybridized carbons (Fsp3) is 0.208. The van der Waals surface area contributed by atoms with Crippen LogP contribution in [-0.2, 0) is 17.9 Å². The molecular weight excluding hydrogens is 424 g/mol. The minimum Gasteiger partial charge on any atom is -0.351 e. The van der Waals surface area contributed by atoms with Crippen molar-refractivity contribution in [2.45, 2.75) is 32.1 Å². The molecule has 0 bridgehead atoms. The first kappa shape index (κ1) is 21.3. The second kappa shape index (κ2) is 9.94. The van der Waals surface area contributed by atoms with Crippen molar-refractivity contribution in [3.8, 4) is 22.5 Å². The molecule has 0 aliphatic carbocycles. The first-order valence-corrected chi connectivity index (χ1v) is 12.0. The fourth-order valence-corrected chi connectivity index (χ4v) is 5.14. The Balaban J connectivity index is 1.49. The average molecular weight is 449 g/mol. The predicted octanol–water partition coefficient (Wildman–Crippen LogP) is 5.41. The molecule has 1 amide bonds. The smallest absolute Gasteiger partial charge is 0.230 e. The standard InChI is InChI=1S/C24H24N4OS2/c1-3-28-23(20-15-30-17(2)22(20)19-12-8-5-9-13-19)26-27-24(28)31-16-21(29)25-14-18-10-6-4-7-11-18/h4-13,15H,3,14,16H2,1-2H3,(H,25,29). The van der Waals surface area contributed by atoms with Gasteiger partial charge in [-0.1, -0.05) is 72.4 Å². The van der Waals surface area contributed by atoms with E-state index in [-0.39, 0.29) is 5.91 Å². The zero-order valence-electron chi connectivity index (χ0n) is 17.5. The van der Waals surface area contributed by atoms with E-state index in [4.69, 9.17) is 0 Å². The molecule has 0 saturated carbocycles. The lowest BCUT2D eigenvalue weighted by molar-refractivity contribution is -0.118. The number of carbonyl (C=O) groups is 1. The van der Waals surface area contributed by atoms with Gasteiger partial charge in [-0.25, -0.2) is 0 Å². The molecule has 0 spiro atoms. The summed E-state index contributed by atoms with van der Waals surface area (Å²) in [6.07, 6.45) is 0. The summed E-state index contributed by atoms with van der Waals surface area (Å²) in [6.45, 7) is 5.48. The highest BCUT2D eigenvalue weighted by Gasteiger charge is 2.20. The molecule has 2 aromatic heterocycles. The Bertz CT molecular complexity index is 1150. The number of aromatic nitrogens is 3. The minimum atomic E-state index is -0.0163. The second-order valence-corrected chi connectivity index (χ2v) is 9.07. The molecule has 0 aliphatic heterocycles. The van der Waals surface area contributed by atoms with E-state index in [2.05, 4.69) is 63.6 Å². The van der Waals surface area contributed by atoms with Crippen molar-refractivity contribution in [1.29, 1.82) is 0 Å². The van der Waals surface area contributed by atoms with E-state index in [1.165, 1.54) is 27.8 Å². The summed E-state index contributed by atoms with van der Waals surface area (Å²) >= 11 is 3.14. The van der Waals surface area contributed by atoms with Crippen LogP contribution in [0.3, 0.4) is 0 Å². The summed E-state index contributed by atoms with van der Waals surface area (Å²) < 4.78 is 2.09. The van der Waals surface area contributed by atoms with Gasteiger partial charge in [0.1, 0.15) is 0 Å². The Morgan fingerprint density at radius 3 is 2.48 bits per heavy atom. The van der Waals surface area contributed by atoms with Crippen LogP contribution in [0.25, 0.3) is 22.5 Å². The Labute approximate surface area is 190 Å². The van der Waals surface area contributed by atoms with Crippen molar-refractivity contribution in [1.82, 2.24) is 20.1 Å². The highest BCUT2D eigenvalue weighted by atomic mass is 32.2. The molecule has 158 valence electrons. The van der Waals surface area contributed by atoms with Gasteiger partial charge in [-0.3, -0.25) is 4.79 Å². The van der Waals surface area contributed by atoms with Crippen LogP contribution < -0.4 is 5.32 Å². The van der Waals surface area contributed by atoms with Crippen LogP contribution in [0.5, 0.6) is 0 Å². The Morgan fingerprint density at radius 2 is 1.77 bits per heavy atom. The number of carbonyl (C=O) groups excluding carboxylic acids is 1. The van der Waals surface area contributed by atoms with E-state index in [0.717, 1.165) is 28.7 Å². The molecule has 0 aliphatic rings. The summed E-state index contributed by atoms with van der Waals surface area (Å²) in [6, 6.07) is 20.3. The highest BCUT2D eigenvalue weighted by Crippen LogP contribution is 2.39. The molecule has 0 saturated heterocycles. The Kier molecular flexibility index (Phi) is 6.84. The number of rotatable bonds is 8. The Hall–Kier alpha value is -2.90. The molecule has 31 heavy (non-hydrogen) atoms. The van der Waals surface area contributed by atoms with Gasteiger partial charge in [0.2, 0.25) is 5.91 Å². The maximum Gasteiger partial charge on any atom is 0.230 e. The zero-order chi connectivity index (χ0) is 21.6. The summed E-state index contributed by atoms with van der Waals surface area (Å²) in [5.41, 5.74) is 4.55. The van der Waals surface area contributed by atoms with Gasteiger partial charge >= 0.3 is 0 Å². The zero-order valence-corrected chi connectivity index (χ0v) is 19.2. The average Bonchev–Trinajstić information content (AvgIpc) is 3.40. The normalized spacial score (nSPS) is 10.9. The third kappa shape index (κ3) is 4.89. The monoisotopic (exact) mass is 448 g/mol. The molecule has 4 aromatic rings. The van der Waals surface area contributed by atoms with Crippen LogP contribution in [0, 0.1) is 6.92 Å². The molecular formula is C24H24N4OS2. The topological polar surface area (TPSA) is 59.8 Å². The third-order valence-corrected chi connectivity index (χ3v) is 6.85. The van der Waals surface area contributed by atoms with Crippen LogP contribution in [0.15, 0.2) is 71.2 Å². The van der Waals surface area contributed by atoms with Crippen molar-refractivity contribution in [2.75, 3.05) is 5.75 Å². The molecule has 0 fully saturated rings. The molecule has 2 heterocycles. The maximum atomic E-state index is 12.3. The van der Waals surface area contributed by atoms with Gasteiger partial charge in [-0.15, -0.1) is 21.5 Å². The molecule has 7 heteroatoms. The number of nitrogens with one attached hydrogen (secondary N) is 1. The van der Waals surface area contributed by atoms with E-state index < -0.39 is 0 Å². The number of benzene rings is 2. The minimum absolute atomic E-state index is 0.0163. The largest absolute Gasteiger partial charge is 0.351 e. The maximum absolute atomic E-state index is 12.3. The molecule has 0 atom stereocenters. The SMILES string of the molecule is CCn1c(SCC(=O)NCc2ccccc2)nnc1-c1csc(C)c1-c1ccccc1.